The molecule has 1 fully saturated rings. The van der Waals surface area contributed by atoms with E-state index >= 15 is 0 Å². The number of carbonyl (C=O) groups excluding carboxylic acids is 1. The smallest absolute Gasteiger partial charge is 0.233 e. The third-order valence-electron chi connectivity index (χ3n) is 4.41. The minimum atomic E-state index is -0.289. The second-order valence-electron chi connectivity index (χ2n) is 5.96. The van der Waals surface area contributed by atoms with Crippen LogP contribution in [0, 0.1) is 0 Å². The fourth-order valence-corrected chi connectivity index (χ4v) is 2.95. The summed E-state index contributed by atoms with van der Waals surface area (Å²) in [6, 6.07) is 18.0. The van der Waals surface area contributed by atoms with E-state index in [1.807, 2.05) is 54.4 Å². The van der Waals surface area contributed by atoms with Crippen LogP contribution in [0.1, 0.15) is 24.0 Å². The van der Waals surface area contributed by atoms with E-state index in [0.29, 0.717) is 6.54 Å². The molecule has 0 aliphatic heterocycles. The lowest BCUT2D eigenvalue weighted by molar-refractivity contribution is -0.133. The van der Waals surface area contributed by atoms with Crippen LogP contribution in [0.25, 0.3) is 0 Å². The van der Waals surface area contributed by atoms with E-state index in [0.717, 1.165) is 29.7 Å². The molecule has 1 saturated carbocycles. The van der Waals surface area contributed by atoms with Crippen molar-refractivity contribution in [2.75, 3.05) is 14.2 Å². The van der Waals surface area contributed by atoms with Gasteiger partial charge in [-0.3, -0.25) is 4.79 Å². The van der Waals surface area contributed by atoms with E-state index < -0.39 is 0 Å². The maximum atomic E-state index is 12.9. The van der Waals surface area contributed by atoms with Crippen LogP contribution in [0.3, 0.4) is 0 Å². The number of hydrogen-bond donors (Lipinski definition) is 0. The Hall–Kier alpha value is -2.29. The minimum absolute atomic E-state index is 0.217. The van der Waals surface area contributed by atoms with Gasteiger partial charge in [-0.05, 0) is 36.1 Å². The van der Waals surface area contributed by atoms with Crippen molar-refractivity contribution in [3.05, 3.63) is 65.7 Å². The third-order valence-corrected chi connectivity index (χ3v) is 4.41. The zero-order valence-electron chi connectivity index (χ0n) is 13.1. The highest BCUT2D eigenvalue weighted by Gasteiger charge is 2.52. The molecular weight excluding hydrogens is 274 g/mol. The molecule has 0 unspecified atom stereocenters. The zero-order valence-corrected chi connectivity index (χ0v) is 13.1. The van der Waals surface area contributed by atoms with Gasteiger partial charge in [-0.15, -0.1) is 0 Å². The molecule has 1 aliphatic rings. The monoisotopic (exact) mass is 295 g/mol. The first kappa shape index (κ1) is 14.6. The number of rotatable bonds is 5. The average molecular weight is 295 g/mol. The lowest BCUT2D eigenvalue weighted by atomic mass is 9.94. The van der Waals surface area contributed by atoms with E-state index in [1.165, 1.54) is 0 Å². The molecule has 3 rings (SSSR count). The zero-order chi connectivity index (χ0) is 15.6. The van der Waals surface area contributed by atoms with Gasteiger partial charge in [-0.1, -0.05) is 42.5 Å². The molecule has 0 atom stereocenters. The van der Waals surface area contributed by atoms with Crippen molar-refractivity contribution in [2.24, 2.45) is 0 Å². The fourth-order valence-electron chi connectivity index (χ4n) is 2.95. The molecule has 0 N–H and O–H groups in total. The number of carbonyl (C=O) groups is 1. The third kappa shape index (κ3) is 2.71. The van der Waals surface area contributed by atoms with Crippen LogP contribution in [0.5, 0.6) is 5.75 Å². The van der Waals surface area contributed by atoms with Crippen molar-refractivity contribution in [3.63, 3.8) is 0 Å². The van der Waals surface area contributed by atoms with E-state index in [4.69, 9.17) is 4.74 Å². The highest BCUT2D eigenvalue weighted by molar-refractivity contribution is 5.91. The lowest BCUT2D eigenvalue weighted by Gasteiger charge is -2.24. The SMILES string of the molecule is COc1ccc(CN(C)C(=O)C2(c3ccccc3)CC2)cc1. The second-order valence-corrected chi connectivity index (χ2v) is 5.96. The number of ether oxygens (including phenoxy) is 1. The van der Waals surface area contributed by atoms with Gasteiger partial charge in [-0.2, -0.15) is 0 Å². The molecule has 0 spiro atoms. The molecule has 2 aromatic carbocycles. The molecule has 1 aliphatic carbocycles. The molecule has 0 heterocycles. The minimum Gasteiger partial charge on any atom is -0.497 e. The van der Waals surface area contributed by atoms with Gasteiger partial charge in [0.1, 0.15) is 5.75 Å². The average Bonchev–Trinajstić information content (AvgIpc) is 3.37. The fraction of sp³-hybridized carbons (Fsp3) is 0.316. The van der Waals surface area contributed by atoms with Crippen molar-refractivity contribution in [2.45, 2.75) is 24.8 Å². The highest BCUT2D eigenvalue weighted by atomic mass is 16.5. The topological polar surface area (TPSA) is 29.5 Å². The number of likely N-dealkylation sites (N-methyl/N-ethyl adjacent to an activating group) is 1. The molecule has 0 saturated heterocycles. The van der Waals surface area contributed by atoms with E-state index in [9.17, 15) is 4.79 Å². The summed E-state index contributed by atoms with van der Waals surface area (Å²) in [6.45, 7) is 0.622. The summed E-state index contributed by atoms with van der Waals surface area (Å²) < 4.78 is 5.16. The van der Waals surface area contributed by atoms with Gasteiger partial charge in [0.2, 0.25) is 5.91 Å². The van der Waals surface area contributed by atoms with Crippen LogP contribution >= 0.6 is 0 Å². The Morgan fingerprint density at radius 3 is 2.27 bits per heavy atom. The van der Waals surface area contributed by atoms with Crippen LogP contribution in [0.4, 0.5) is 0 Å². The van der Waals surface area contributed by atoms with Crippen LogP contribution in [0.2, 0.25) is 0 Å². The predicted molar refractivity (Wildman–Crippen MR) is 86.8 cm³/mol. The number of amides is 1. The molecule has 22 heavy (non-hydrogen) atoms. The van der Waals surface area contributed by atoms with Crippen molar-refractivity contribution in [3.8, 4) is 5.75 Å². The first-order valence-electron chi connectivity index (χ1n) is 7.60. The van der Waals surface area contributed by atoms with Crippen LogP contribution in [0.15, 0.2) is 54.6 Å². The molecule has 3 heteroatoms. The molecule has 114 valence electrons. The van der Waals surface area contributed by atoms with Crippen molar-refractivity contribution in [1.29, 1.82) is 0 Å². The quantitative estimate of drug-likeness (QED) is 0.846. The Kier molecular flexibility index (Phi) is 3.88. The Balaban J connectivity index is 1.72. The van der Waals surface area contributed by atoms with Crippen molar-refractivity contribution < 1.29 is 9.53 Å². The van der Waals surface area contributed by atoms with Gasteiger partial charge < -0.3 is 9.64 Å². The van der Waals surface area contributed by atoms with Gasteiger partial charge in [0.25, 0.3) is 0 Å². The highest BCUT2D eigenvalue weighted by Crippen LogP contribution is 2.49. The van der Waals surface area contributed by atoms with Crippen LogP contribution < -0.4 is 4.74 Å². The summed E-state index contributed by atoms with van der Waals surface area (Å²) in [5.74, 6) is 1.05. The number of methoxy groups -OCH3 is 1. The first-order valence-corrected chi connectivity index (χ1v) is 7.60. The molecule has 0 aromatic heterocycles. The second kappa shape index (κ2) is 5.84. The predicted octanol–water partition coefficient (Wildman–Crippen LogP) is 3.39. The van der Waals surface area contributed by atoms with Gasteiger partial charge in [0.15, 0.2) is 0 Å². The summed E-state index contributed by atoms with van der Waals surface area (Å²) in [5, 5.41) is 0. The molecular formula is C19H21NO2. The molecule has 0 bridgehead atoms. The molecule has 1 amide bonds. The summed E-state index contributed by atoms with van der Waals surface area (Å²) >= 11 is 0. The number of hydrogen-bond acceptors (Lipinski definition) is 2. The Bertz CT molecular complexity index is 645. The van der Waals surface area contributed by atoms with Gasteiger partial charge in [0, 0.05) is 13.6 Å². The Morgan fingerprint density at radius 2 is 1.73 bits per heavy atom. The van der Waals surface area contributed by atoms with Gasteiger partial charge >= 0.3 is 0 Å². The summed E-state index contributed by atoms with van der Waals surface area (Å²) in [6.07, 6.45) is 1.89. The van der Waals surface area contributed by atoms with Crippen molar-refractivity contribution in [1.82, 2.24) is 4.90 Å². The number of benzene rings is 2. The molecule has 2 aromatic rings. The summed E-state index contributed by atoms with van der Waals surface area (Å²) in [7, 11) is 3.54. The standard InChI is InChI=1S/C19H21NO2/c1-20(14-15-8-10-17(22-2)11-9-15)18(21)19(12-13-19)16-6-4-3-5-7-16/h3-11H,12-14H2,1-2H3. The van der Waals surface area contributed by atoms with Gasteiger partial charge in [-0.25, -0.2) is 0 Å². The van der Waals surface area contributed by atoms with E-state index in [2.05, 4.69) is 12.1 Å². The summed E-state index contributed by atoms with van der Waals surface area (Å²) in [5.41, 5.74) is 1.96. The Morgan fingerprint density at radius 1 is 1.09 bits per heavy atom. The van der Waals surface area contributed by atoms with Crippen LogP contribution in [-0.4, -0.2) is 25.0 Å². The van der Waals surface area contributed by atoms with Crippen LogP contribution in [-0.2, 0) is 16.8 Å². The lowest BCUT2D eigenvalue weighted by Crippen LogP contribution is -2.36. The summed E-state index contributed by atoms with van der Waals surface area (Å²) in [4.78, 5) is 14.7. The maximum absolute atomic E-state index is 12.9. The van der Waals surface area contributed by atoms with E-state index in [1.54, 1.807) is 7.11 Å². The van der Waals surface area contributed by atoms with E-state index in [-0.39, 0.29) is 11.3 Å². The molecule has 3 nitrogen and oxygen atoms in total. The first-order chi connectivity index (χ1) is 10.7. The Labute approximate surface area is 131 Å². The normalized spacial score (nSPS) is 15.2. The number of nitrogens with zero attached hydrogens (tertiary/aromatic N) is 1. The molecule has 0 radical (unpaired) electrons. The maximum Gasteiger partial charge on any atom is 0.233 e. The van der Waals surface area contributed by atoms with Gasteiger partial charge in [0.05, 0.1) is 12.5 Å². The largest absolute Gasteiger partial charge is 0.497 e. The van der Waals surface area contributed by atoms with Crippen molar-refractivity contribution >= 4 is 5.91 Å².